The van der Waals surface area contributed by atoms with Crippen LogP contribution in [0.15, 0.2) is 119 Å². The Morgan fingerprint density at radius 1 is 0.667 bits per heavy atom. The summed E-state index contributed by atoms with van der Waals surface area (Å²) < 4.78 is 21.2. The van der Waals surface area contributed by atoms with Gasteiger partial charge in [-0.2, -0.15) is 0 Å². The minimum atomic E-state index is -1.15. The highest BCUT2D eigenvalue weighted by Crippen LogP contribution is 2.28. The van der Waals surface area contributed by atoms with Gasteiger partial charge in [0.15, 0.2) is 34.3 Å². The molecule has 0 aliphatic heterocycles. The summed E-state index contributed by atoms with van der Waals surface area (Å²) in [6, 6.07) is 25.8. The van der Waals surface area contributed by atoms with Crippen LogP contribution in [-0.4, -0.2) is 90.3 Å². The third-order valence-electron chi connectivity index (χ3n) is 10.4. The van der Waals surface area contributed by atoms with Crippen molar-refractivity contribution in [2.45, 2.75) is 20.0 Å². The van der Waals surface area contributed by atoms with Crippen molar-refractivity contribution in [3.63, 3.8) is 0 Å². The molecule has 0 fully saturated rings. The van der Waals surface area contributed by atoms with E-state index >= 15 is 0 Å². The number of carboxylic acids is 1. The van der Waals surface area contributed by atoms with E-state index in [1.54, 1.807) is 84.0 Å². The van der Waals surface area contributed by atoms with Crippen molar-refractivity contribution in [2.75, 3.05) is 55.4 Å². The average Bonchev–Trinajstić information content (AvgIpc) is 3.95. The van der Waals surface area contributed by atoms with Crippen molar-refractivity contribution < 1.29 is 28.9 Å². The van der Waals surface area contributed by atoms with Crippen LogP contribution in [0.3, 0.4) is 0 Å². The third-order valence-corrected chi connectivity index (χ3v) is 10.4. The average molecular weight is 897 g/mol. The summed E-state index contributed by atoms with van der Waals surface area (Å²) in [6.45, 7) is 3.07. The molecule has 6 aromatic heterocycles. The molecule has 20 nitrogen and oxygen atoms in total. The van der Waals surface area contributed by atoms with Crippen molar-refractivity contribution in [3.05, 3.63) is 153 Å². The maximum absolute atomic E-state index is 12.5. The van der Waals surface area contributed by atoms with Gasteiger partial charge in [0.1, 0.15) is 22.9 Å². The highest BCUT2D eigenvalue weighted by molar-refractivity contribution is 5.90. The monoisotopic (exact) mass is 896 g/mol. The molecule has 0 radical (unpaired) electrons. The van der Waals surface area contributed by atoms with Crippen molar-refractivity contribution >= 4 is 57.6 Å². The third kappa shape index (κ3) is 9.91. The second-order valence-electron chi connectivity index (χ2n) is 14.9. The van der Waals surface area contributed by atoms with E-state index < -0.39 is 11.9 Å². The molecule has 340 valence electrons. The van der Waals surface area contributed by atoms with Gasteiger partial charge in [0.05, 0.1) is 44.6 Å². The number of benzene rings is 2. The number of fused-ring (bicyclic) bond motifs is 2. The van der Waals surface area contributed by atoms with Crippen LogP contribution in [0.25, 0.3) is 11.3 Å². The van der Waals surface area contributed by atoms with Crippen LogP contribution < -0.4 is 41.0 Å². The lowest BCUT2D eigenvalue weighted by atomic mass is 10.2. The highest BCUT2D eigenvalue weighted by atomic mass is 16.5. The van der Waals surface area contributed by atoms with Crippen molar-refractivity contribution in [3.8, 4) is 11.5 Å². The van der Waals surface area contributed by atoms with E-state index in [0.717, 1.165) is 28.3 Å². The van der Waals surface area contributed by atoms with Gasteiger partial charge < -0.3 is 48.9 Å². The lowest BCUT2D eigenvalue weighted by Gasteiger charge is -2.21. The van der Waals surface area contributed by atoms with Crippen LogP contribution in [0, 0.1) is 0 Å². The fraction of sp³-hybridized carbons (Fsp3) is 0.217. The maximum atomic E-state index is 12.5. The predicted molar refractivity (Wildman–Crippen MR) is 249 cm³/mol. The van der Waals surface area contributed by atoms with Crippen LogP contribution in [0.5, 0.6) is 11.5 Å². The number of aromatic carboxylic acids is 1. The van der Waals surface area contributed by atoms with Gasteiger partial charge in [-0.05, 0) is 66.6 Å². The normalized spacial score (nSPS) is 10.8. The molecule has 0 saturated heterocycles. The molecule has 8 aromatic rings. The van der Waals surface area contributed by atoms with E-state index in [1.807, 2.05) is 72.4 Å². The SMILES string of the molecule is CCOC(=O)c1cnc2c(N(C)Cc3ccc(OC)cc3)cc(Nc3cccn(C)c3=O)nn12.COc1ccc(CN(C)c2cc(Nc3cccn(C)c3=O)nn3c(C(=O)O)cnc23)cc1. The zero-order valence-corrected chi connectivity index (χ0v) is 37.3. The van der Waals surface area contributed by atoms with Gasteiger partial charge in [-0.25, -0.2) is 28.6 Å². The number of anilines is 6. The molecule has 0 atom stereocenters. The number of hydrogen-bond acceptors (Lipinski definition) is 15. The Morgan fingerprint density at radius 3 is 1.50 bits per heavy atom. The van der Waals surface area contributed by atoms with Gasteiger partial charge in [0.25, 0.3) is 11.1 Å². The Balaban J connectivity index is 0.000000197. The van der Waals surface area contributed by atoms with Crippen LogP contribution in [0.1, 0.15) is 39.0 Å². The second-order valence-corrected chi connectivity index (χ2v) is 14.9. The Bertz CT molecular complexity index is 3140. The van der Waals surface area contributed by atoms with Crippen LogP contribution in [0.2, 0.25) is 0 Å². The Labute approximate surface area is 377 Å². The number of ether oxygens (including phenoxy) is 3. The number of carboxylic acid groups (broad SMARTS) is 1. The zero-order chi connectivity index (χ0) is 47.1. The summed E-state index contributed by atoms with van der Waals surface area (Å²) in [7, 11) is 10.4. The first-order valence-corrected chi connectivity index (χ1v) is 20.5. The Kier molecular flexibility index (Phi) is 13.6. The lowest BCUT2D eigenvalue weighted by Crippen LogP contribution is -2.21. The summed E-state index contributed by atoms with van der Waals surface area (Å²) >= 11 is 0. The summed E-state index contributed by atoms with van der Waals surface area (Å²) in [6.07, 6.45) is 6.03. The number of aryl methyl sites for hydroxylation is 2. The minimum absolute atomic E-state index is 0.0799. The number of nitrogens with one attached hydrogen (secondary N) is 2. The van der Waals surface area contributed by atoms with E-state index in [4.69, 9.17) is 14.2 Å². The standard InChI is InChI=1S/C24H26N6O4.C22H22N6O4/c1-5-34-24(32)20-14-25-22-19(29(3)15-16-8-10-17(33-4)11-9-16)13-21(27-30(20)22)26-18-7-6-12-28(2)23(18)31;1-26-10-4-5-16(21(26)29)24-19-11-17(20-23-12-18(22(30)31)28(20)25-19)27(2)13-14-6-8-15(32-3)9-7-14/h6-14H,5,15H2,1-4H3,(H,26,27);4-12H,13H2,1-3H3,(H,24,25)(H,30,31). The molecule has 3 N–H and O–H groups in total. The molecule has 0 bridgehead atoms. The number of esters is 1. The van der Waals surface area contributed by atoms with Gasteiger partial charge in [-0.3, -0.25) is 9.59 Å². The molecule has 0 aliphatic rings. The van der Waals surface area contributed by atoms with Gasteiger partial charge in [0.2, 0.25) is 0 Å². The first-order chi connectivity index (χ1) is 31.8. The number of hydrogen-bond donors (Lipinski definition) is 3. The van der Waals surface area contributed by atoms with Gasteiger partial charge in [-0.1, -0.05) is 24.3 Å². The number of nitrogens with zero attached hydrogens (tertiary/aromatic N) is 10. The first-order valence-electron chi connectivity index (χ1n) is 20.5. The fourth-order valence-electron chi connectivity index (χ4n) is 6.92. The molecule has 66 heavy (non-hydrogen) atoms. The molecule has 0 amide bonds. The molecule has 20 heteroatoms. The zero-order valence-electron chi connectivity index (χ0n) is 37.3. The van der Waals surface area contributed by atoms with Gasteiger partial charge >= 0.3 is 11.9 Å². The van der Waals surface area contributed by atoms with E-state index in [9.17, 15) is 24.3 Å². The molecule has 6 heterocycles. The number of rotatable bonds is 15. The number of aromatic nitrogens is 8. The van der Waals surface area contributed by atoms with E-state index in [0.29, 0.717) is 53.1 Å². The molecule has 0 saturated carbocycles. The smallest absolute Gasteiger partial charge is 0.358 e. The molecule has 0 spiro atoms. The summed E-state index contributed by atoms with van der Waals surface area (Å²) in [5.41, 5.74) is 4.71. The summed E-state index contributed by atoms with van der Waals surface area (Å²) in [5.74, 6) is 0.563. The van der Waals surface area contributed by atoms with E-state index in [2.05, 4.69) is 30.8 Å². The van der Waals surface area contributed by atoms with Gasteiger partial charge in [-0.15, -0.1) is 10.2 Å². The van der Waals surface area contributed by atoms with Crippen LogP contribution in [-0.2, 0) is 31.9 Å². The Hall–Kier alpha value is -8.68. The summed E-state index contributed by atoms with van der Waals surface area (Å²) in [5, 5.41) is 24.5. The largest absolute Gasteiger partial charge is 0.497 e. The lowest BCUT2D eigenvalue weighted by molar-refractivity contribution is 0.0516. The quantitative estimate of drug-likeness (QED) is 0.108. The molecule has 2 aromatic carbocycles. The number of carbonyl (C=O) groups is 2. The summed E-state index contributed by atoms with van der Waals surface area (Å²) in [4.78, 5) is 61.7. The van der Waals surface area contributed by atoms with Gasteiger partial charge in [0, 0.05) is 65.8 Å². The van der Waals surface area contributed by atoms with E-state index in [-0.39, 0.29) is 29.1 Å². The molecule has 8 rings (SSSR count). The van der Waals surface area contributed by atoms with Crippen LogP contribution >= 0.6 is 0 Å². The molecule has 0 aliphatic carbocycles. The minimum Gasteiger partial charge on any atom is -0.497 e. The number of methoxy groups -OCH3 is 2. The van der Waals surface area contributed by atoms with Crippen LogP contribution in [0.4, 0.5) is 34.4 Å². The maximum Gasteiger partial charge on any atom is 0.358 e. The molecular formula is C46H48N12O8. The number of carbonyl (C=O) groups excluding carboxylic acids is 1. The first kappa shape index (κ1) is 45.3. The number of pyridine rings is 2. The van der Waals surface area contributed by atoms with E-state index in [1.165, 1.54) is 30.6 Å². The van der Waals surface area contributed by atoms with Crippen molar-refractivity contribution in [1.82, 2.24) is 38.3 Å². The van der Waals surface area contributed by atoms with Crippen molar-refractivity contribution in [1.29, 1.82) is 0 Å². The van der Waals surface area contributed by atoms with Crippen molar-refractivity contribution in [2.24, 2.45) is 14.1 Å². The highest BCUT2D eigenvalue weighted by Gasteiger charge is 2.21. The topological polar surface area (TPSA) is 217 Å². The molecule has 0 unspecified atom stereocenters. The molecular weight excluding hydrogens is 849 g/mol. The Morgan fingerprint density at radius 2 is 1.09 bits per heavy atom. The fourth-order valence-corrected chi connectivity index (χ4v) is 6.92. The number of imidazole rings is 2. The predicted octanol–water partition coefficient (Wildman–Crippen LogP) is 5.51. The second kappa shape index (κ2) is 19.8.